The molecule has 1 amide bonds. The minimum absolute atomic E-state index is 0.161. The molecule has 1 saturated heterocycles. The van der Waals surface area contributed by atoms with Crippen molar-refractivity contribution in [2.45, 2.75) is 19.9 Å². The average molecular weight is 301 g/mol. The molecule has 1 aliphatic heterocycles. The summed E-state index contributed by atoms with van der Waals surface area (Å²) in [4.78, 5) is 28.7. The van der Waals surface area contributed by atoms with Crippen molar-refractivity contribution >= 4 is 11.7 Å². The van der Waals surface area contributed by atoms with Crippen molar-refractivity contribution in [2.75, 3.05) is 31.1 Å². The number of aryl methyl sites for hydroxylation is 2. The van der Waals surface area contributed by atoms with Crippen LogP contribution in [0, 0.1) is 6.92 Å². The second kappa shape index (κ2) is 6.50. The molecule has 0 saturated carbocycles. The topological polar surface area (TPSA) is 80.0 Å². The van der Waals surface area contributed by atoms with Crippen LogP contribution in [0.1, 0.15) is 12.2 Å². The Morgan fingerprint density at radius 2 is 2.09 bits per heavy atom. The van der Waals surface area contributed by atoms with Crippen LogP contribution in [0.3, 0.4) is 0 Å². The maximum atomic E-state index is 12.2. The van der Waals surface area contributed by atoms with E-state index in [2.05, 4.69) is 25.0 Å². The zero-order valence-corrected chi connectivity index (χ0v) is 12.6. The van der Waals surface area contributed by atoms with Gasteiger partial charge in [0.05, 0.1) is 6.54 Å². The van der Waals surface area contributed by atoms with Gasteiger partial charge in [0.15, 0.2) is 0 Å². The Labute approximate surface area is 128 Å². The van der Waals surface area contributed by atoms with Crippen LogP contribution in [-0.4, -0.2) is 61.7 Å². The molecule has 3 heterocycles. The van der Waals surface area contributed by atoms with Gasteiger partial charge in [-0.15, -0.1) is 0 Å². The predicted octanol–water partition coefficient (Wildman–Crippen LogP) is 0.115. The van der Waals surface area contributed by atoms with Crippen molar-refractivity contribution in [1.82, 2.24) is 29.6 Å². The smallest absolute Gasteiger partial charge is 0.224 e. The quantitative estimate of drug-likeness (QED) is 0.798. The van der Waals surface area contributed by atoms with Crippen LogP contribution in [0.4, 0.5) is 5.82 Å². The first-order valence-corrected chi connectivity index (χ1v) is 7.37. The Morgan fingerprint density at radius 1 is 1.27 bits per heavy atom. The van der Waals surface area contributed by atoms with Gasteiger partial charge in [-0.1, -0.05) is 0 Å². The molecule has 2 aromatic rings. The van der Waals surface area contributed by atoms with E-state index in [-0.39, 0.29) is 5.91 Å². The zero-order chi connectivity index (χ0) is 15.4. The van der Waals surface area contributed by atoms with E-state index in [1.54, 1.807) is 17.2 Å². The third-order valence-corrected chi connectivity index (χ3v) is 3.74. The van der Waals surface area contributed by atoms with Crippen molar-refractivity contribution in [3.8, 4) is 0 Å². The molecule has 8 nitrogen and oxygen atoms in total. The van der Waals surface area contributed by atoms with Crippen molar-refractivity contribution in [3.05, 3.63) is 30.7 Å². The summed E-state index contributed by atoms with van der Waals surface area (Å²) < 4.78 is 1.68. The monoisotopic (exact) mass is 301 g/mol. The zero-order valence-electron chi connectivity index (χ0n) is 12.6. The molecular weight excluding hydrogens is 282 g/mol. The van der Waals surface area contributed by atoms with Gasteiger partial charge in [-0.25, -0.2) is 15.0 Å². The SMILES string of the molecule is Cc1nccc(N2CCN(C(=O)CCn3cncn3)CC2)n1. The van der Waals surface area contributed by atoms with Crippen LogP contribution in [0.15, 0.2) is 24.9 Å². The summed E-state index contributed by atoms with van der Waals surface area (Å²) in [6, 6.07) is 1.91. The van der Waals surface area contributed by atoms with E-state index in [0.29, 0.717) is 13.0 Å². The Bertz CT molecular complexity index is 620. The van der Waals surface area contributed by atoms with Crippen molar-refractivity contribution in [1.29, 1.82) is 0 Å². The van der Waals surface area contributed by atoms with Crippen molar-refractivity contribution in [2.24, 2.45) is 0 Å². The Kier molecular flexibility index (Phi) is 4.27. The maximum Gasteiger partial charge on any atom is 0.224 e. The molecule has 0 radical (unpaired) electrons. The Hall–Kier alpha value is -2.51. The second-order valence-electron chi connectivity index (χ2n) is 5.24. The number of aromatic nitrogens is 5. The molecule has 0 bridgehead atoms. The molecule has 22 heavy (non-hydrogen) atoms. The molecular formula is C14H19N7O. The number of rotatable bonds is 4. The van der Waals surface area contributed by atoms with Gasteiger partial charge in [0, 0.05) is 38.8 Å². The van der Waals surface area contributed by atoms with Crippen LogP contribution in [0.5, 0.6) is 0 Å². The number of carbonyl (C=O) groups is 1. The Morgan fingerprint density at radius 3 is 2.77 bits per heavy atom. The summed E-state index contributed by atoms with van der Waals surface area (Å²) in [7, 11) is 0. The lowest BCUT2D eigenvalue weighted by Crippen LogP contribution is -2.49. The van der Waals surface area contributed by atoms with Gasteiger partial charge < -0.3 is 9.80 Å². The summed E-state index contributed by atoms with van der Waals surface area (Å²) in [5, 5.41) is 4.01. The fourth-order valence-electron chi connectivity index (χ4n) is 2.52. The highest BCUT2D eigenvalue weighted by Crippen LogP contribution is 2.13. The van der Waals surface area contributed by atoms with Crippen LogP contribution < -0.4 is 4.90 Å². The van der Waals surface area contributed by atoms with E-state index in [9.17, 15) is 4.79 Å². The largest absolute Gasteiger partial charge is 0.353 e. The van der Waals surface area contributed by atoms with Gasteiger partial charge in [-0.2, -0.15) is 5.10 Å². The van der Waals surface area contributed by atoms with Gasteiger partial charge in [0.25, 0.3) is 0 Å². The second-order valence-corrected chi connectivity index (χ2v) is 5.24. The standard InChI is InChI=1S/C14H19N7O/c1-12-16-4-2-13(18-12)19-6-8-20(9-7-19)14(22)3-5-21-11-15-10-17-21/h2,4,10-11H,3,5-9H2,1H3. The molecule has 0 aromatic carbocycles. The van der Waals surface area contributed by atoms with E-state index in [4.69, 9.17) is 0 Å². The summed E-state index contributed by atoms with van der Waals surface area (Å²) in [5.74, 6) is 1.86. The number of piperazine rings is 1. The summed E-state index contributed by atoms with van der Waals surface area (Å²) >= 11 is 0. The highest BCUT2D eigenvalue weighted by molar-refractivity contribution is 5.76. The molecule has 2 aromatic heterocycles. The minimum Gasteiger partial charge on any atom is -0.353 e. The van der Waals surface area contributed by atoms with Gasteiger partial charge in [-0.05, 0) is 13.0 Å². The minimum atomic E-state index is 0.161. The van der Waals surface area contributed by atoms with Gasteiger partial charge in [0.2, 0.25) is 5.91 Å². The number of amides is 1. The van der Waals surface area contributed by atoms with E-state index < -0.39 is 0 Å². The van der Waals surface area contributed by atoms with E-state index >= 15 is 0 Å². The lowest BCUT2D eigenvalue weighted by molar-refractivity contribution is -0.131. The van der Waals surface area contributed by atoms with E-state index in [0.717, 1.165) is 37.8 Å². The molecule has 1 aliphatic rings. The van der Waals surface area contributed by atoms with Gasteiger partial charge in [0.1, 0.15) is 24.3 Å². The van der Waals surface area contributed by atoms with Crippen LogP contribution in [0.2, 0.25) is 0 Å². The highest BCUT2D eigenvalue weighted by Gasteiger charge is 2.21. The molecule has 0 N–H and O–H groups in total. The average Bonchev–Trinajstić information content (AvgIpc) is 3.06. The number of anilines is 1. The molecule has 0 unspecified atom stereocenters. The molecule has 116 valence electrons. The van der Waals surface area contributed by atoms with E-state index in [1.165, 1.54) is 6.33 Å². The normalized spacial score (nSPS) is 15.1. The molecule has 8 heteroatoms. The lowest BCUT2D eigenvalue weighted by atomic mass is 10.2. The molecule has 0 atom stereocenters. The number of carbonyl (C=O) groups excluding carboxylic acids is 1. The lowest BCUT2D eigenvalue weighted by Gasteiger charge is -2.35. The fourth-order valence-corrected chi connectivity index (χ4v) is 2.52. The van der Waals surface area contributed by atoms with Crippen LogP contribution in [0.25, 0.3) is 0 Å². The molecule has 3 rings (SSSR count). The first kappa shape index (κ1) is 14.4. The van der Waals surface area contributed by atoms with Gasteiger partial charge >= 0.3 is 0 Å². The number of hydrogen-bond donors (Lipinski definition) is 0. The molecule has 1 fully saturated rings. The Balaban J connectivity index is 1.49. The fraction of sp³-hybridized carbons (Fsp3) is 0.500. The number of hydrogen-bond acceptors (Lipinski definition) is 6. The maximum absolute atomic E-state index is 12.2. The summed E-state index contributed by atoms with van der Waals surface area (Å²) in [5.41, 5.74) is 0. The number of nitrogens with zero attached hydrogens (tertiary/aromatic N) is 7. The highest BCUT2D eigenvalue weighted by atomic mass is 16.2. The first-order chi connectivity index (χ1) is 10.7. The van der Waals surface area contributed by atoms with Crippen LogP contribution >= 0.6 is 0 Å². The van der Waals surface area contributed by atoms with E-state index in [1.807, 2.05) is 17.9 Å². The van der Waals surface area contributed by atoms with Gasteiger partial charge in [-0.3, -0.25) is 9.48 Å². The third kappa shape index (κ3) is 3.38. The summed E-state index contributed by atoms with van der Waals surface area (Å²) in [6.07, 6.45) is 5.33. The molecule has 0 spiro atoms. The molecule has 0 aliphatic carbocycles. The summed E-state index contributed by atoms with van der Waals surface area (Å²) in [6.45, 7) is 5.49. The van der Waals surface area contributed by atoms with Crippen molar-refractivity contribution < 1.29 is 4.79 Å². The van der Waals surface area contributed by atoms with Crippen LogP contribution in [-0.2, 0) is 11.3 Å². The predicted molar refractivity (Wildman–Crippen MR) is 80.2 cm³/mol. The first-order valence-electron chi connectivity index (χ1n) is 7.37. The third-order valence-electron chi connectivity index (χ3n) is 3.74. The van der Waals surface area contributed by atoms with Crippen molar-refractivity contribution in [3.63, 3.8) is 0 Å².